The van der Waals surface area contributed by atoms with Crippen LogP contribution in [0.2, 0.25) is 5.02 Å². The molecule has 2 rings (SSSR count). The molecule has 1 N–H and O–H groups in total. The van der Waals surface area contributed by atoms with Crippen LogP contribution in [0.3, 0.4) is 0 Å². The van der Waals surface area contributed by atoms with E-state index < -0.39 is 17.3 Å². The van der Waals surface area contributed by atoms with Crippen LogP contribution in [0.1, 0.15) is 44.0 Å². The van der Waals surface area contributed by atoms with Crippen molar-refractivity contribution < 1.29 is 19.1 Å². The summed E-state index contributed by atoms with van der Waals surface area (Å²) in [6.45, 7) is 6.68. The molecule has 0 atom stereocenters. The Hall–Kier alpha value is -2.08. The molecule has 1 aromatic rings. The molecule has 0 spiro atoms. The number of carbonyl (C=O) groups is 3. The van der Waals surface area contributed by atoms with Crippen molar-refractivity contribution in [3.8, 4) is 0 Å². The van der Waals surface area contributed by atoms with E-state index in [0.717, 1.165) is 12.8 Å². The zero-order chi connectivity index (χ0) is 19.5. The number of hydrogen-bond acceptors (Lipinski definition) is 4. The van der Waals surface area contributed by atoms with Gasteiger partial charge in [-0.25, -0.2) is 4.79 Å². The monoisotopic (exact) mass is 380 g/mol. The molecule has 142 valence electrons. The van der Waals surface area contributed by atoms with Gasteiger partial charge in [-0.3, -0.25) is 9.59 Å². The Balaban J connectivity index is 2.15. The number of carbonyl (C=O) groups excluding carboxylic acids is 3. The van der Waals surface area contributed by atoms with E-state index in [1.165, 1.54) is 25.3 Å². The quantitative estimate of drug-likeness (QED) is 0.642. The van der Waals surface area contributed by atoms with Crippen LogP contribution in [0.25, 0.3) is 0 Å². The van der Waals surface area contributed by atoms with Gasteiger partial charge >= 0.3 is 5.97 Å². The SMILES string of the molecule is COC(=O)c1ccc(Cl)c(NC(=O)C(C)(C)C(=O)N2CCC(C)CC2)c1. The first-order valence-corrected chi connectivity index (χ1v) is 9.03. The third-order valence-corrected chi connectivity index (χ3v) is 5.14. The van der Waals surface area contributed by atoms with Gasteiger partial charge < -0.3 is 15.0 Å². The Labute approximate surface area is 158 Å². The number of nitrogens with zero attached hydrogens (tertiary/aromatic N) is 1. The number of anilines is 1. The zero-order valence-electron chi connectivity index (χ0n) is 15.6. The molecular weight excluding hydrogens is 356 g/mol. The third kappa shape index (κ3) is 4.36. The fourth-order valence-electron chi connectivity index (χ4n) is 2.85. The molecule has 1 aliphatic rings. The number of nitrogens with one attached hydrogen (secondary N) is 1. The van der Waals surface area contributed by atoms with Gasteiger partial charge in [0.05, 0.1) is 23.4 Å². The van der Waals surface area contributed by atoms with Crippen LogP contribution >= 0.6 is 11.6 Å². The van der Waals surface area contributed by atoms with Crippen molar-refractivity contribution in [2.45, 2.75) is 33.6 Å². The number of methoxy groups -OCH3 is 1. The van der Waals surface area contributed by atoms with Crippen LogP contribution in [0.4, 0.5) is 5.69 Å². The van der Waals surface area contributed by atoms with Gasteiger partial charge in [-0.2, -0.15) is 0 Å². The maximum Gasteiger partial charge on any atom is 0.337 e. The predicted molar refractivity (Wildman–Crippen MR) is 100 cm³/mol. The summed E-state index contributed by atoms with van der Waals surface area (Å²) >= 11 is 6.12. The first-order valence-electron chi connectivity index (χ1n) is 8.65. The molecular formula is C19H25ClN2O4. The molecule has 1 aromatic carbocycles. The Morgan fingerprint density at radius 3 is 2.42 bits per heavy atom. The summed E-state index contributed by atoms with van der Waals surface area (Å²) in [6.07, 6.45) is 1.88. The van der Waals surface area contributed by atoms with Crippen LogP contribution in [-0.4, -0.2) is 42.9 Å². The fraction of sp³-hybridized carbons (Fsp3) is 0.526. The molecule has 1 heterocycles. The van der Waals surface area contributed by atoms with E-state index in [2.05, 4.69) is 17.0 Å². The second-order valence-electron chi connectivity index (χ2n) is 7.24. The predicted octanol–water partition coefficient (Wildman–Crippen LogP) is 3.35. The maximum atomic E-state index is 12.8. The van der Waals surface area contributed by atoms with Gasteiger partial charge in [0.25, 0.3) is 0 Å². The number of halogens is 1. The van der Waals surface area contributed by atoms with E-state index in [4.69, 9.17) is 11.6 Å². The fourth-order valence-corrected chi connectivity index (χ4v) is 3.01. The van der Waals surface area contributed by atoms with E-state index in [-0.39, 0.29) is 22.2 Å². The topological polar surface area (TPSA) is 75.7 Å². The first-order chi connectivity index (χ1) is 12.2. The molecule has 26 heavy (non-hydrogen) atoms. The van der Waals surface area contributed by atoms with Gasteiger partial charge in [0.1, 0.15) is 5.41 Å². The largest absolute Gasteiger partial charge is 0.465 e. The summed E-state index contributed by atoms with van der Waals surface area (Å²) in [5, 5.41) is 2.95. The summed E-state index contributed by atoms with van der Waals surface area (Å²) in [7, 11) is 1.27. The van der Waals surface area contributed by atoms with Crippen molar-refractivity contribution in [1.82, 2.24) is 4.90 Å². The van der Waals surface area contributed by atoms with Gasteiger partial charge in [-0.1, -0.05) is 18.5 Å². The van der Waals surface area contributed by atoms with Crippen molar-refractivity contribution in [2.75, 3.05) is 25.5 Å². The van der Waals surface area contributed by atoms with Crippen LogP contribution in [0.5, 0.6) is 0 Å². The smallest absolute Gasteiger partial charge is 0.337 e. The highest BCUT2D eigenvalue weighted by Crippen LogP contribution is 2.28. The summed E-state index contributed by atoms with van der Waals surface area (Å²) in [5.41, 5.74) is -0.709. The lowest BCUT2D eigenvalue weighted by molar-refractivity contribution is -0.147. The zero-order valence-corrected chi connectivity index (χ0v) is 16.4. The van der Waals surface area contributed by atoms with Crippen molar-refractivity contribution >= 4 is 35.1 Å². The molecule has 1 aliphatic heterocycles. The standard InChI is InChI=1S/C19H25ClN2O4/c1-12-7-9-22(10-8-12)18(25)19(2,3)17(24)21-15-11-13(16(23)26-4)5-6-14(15)20/h5-6,11-12H,7-10H2,1-4H3,(H,21,24). The van der Waals surface area contributed by atoms with Crippen LogP contribution < -0.4 is 5.32 Å². The minimum atomic E-state index is -1.24. The molecule has 1 fully saturated rings. The van der Waals surface area contributed by atoms with E-state index >= 15 is 0 Å². The second kappa shape index (κ2) is 8.08. The van der Waals surface area contributed by atoms with E-state index in [9.17, 15) is 14.4 Å². The minimum Gasteiger partial charge on any atom is -0.465 e. The minimum absolute atomic E-state index is 0.206. The second-order valence-corrected chi connectivity index (χ2v) is 7.65. The highest BCUT2D eigenvalue weighted by molar-refractivity contribution is 6.34. The number of hydrogen-bond donors (Lipinski definition) is 1. The van der Waals surface area contributed by atoms with Gasteiger partial charge in [-0.15, -0.1) is 0 Å². The summed E-state index contributed by atoms with van der Waals surface area (Å²) < 4.78 is 4.67. The molecule has 0 radical (unpaired) electrons. The van der Waals surface area contributed by atoms with Gasteiger partial charge in [0.15, 0.2) is 0 Å². The highest BCUT2D eigenvalue weighted by atomic mass is 35.5. The molecule has 0 aromatic heterocycles. The molecule has 7 heteroatoms. The van der Waals surface area contributed by atoms with E-state index in [1.54, 1.807) is 18.7 Å². The van der Waals surface area contributed by atoms with Crippen molar-refractivity contribution in [3.63, 3.8) is 0 Å². The van der Waals surface area contributed by atoms with Gasteiger partial charge in [0.2, 0.25) is 11.8 Å². The van der Waals surface area contributed by atoms with Crippen LogP contribution in [0.15, 0.2) is 18.2 Å². The Kier molecular flexibility index (Phi) is 6.29. The Morgan fingerprint density at radius 1 is 1.23 bits per heavy atom. The van der Waals surface area contributed by atoms with Gasteiger partial charge in [-0.05, 0) is 50.8 Å². The molecule has 6 nitrogen and oxygen atoms in total. The lowest BCUT2D eigenvalue weighted by Crippen LogP contribution is -2.49. The Bertz CT molecular complexity index is 709. The summed E-state index contributed by atoms with van der Waals surface area (Å²) in [4.78, 5) is 39.0. The van der Waals surface area contributed by atoms with Gasteiger partial charge in [0, 0.05) is 13.1 Å². The van der Waals surface area contributed by atoms with Crippen molar-refractivity contribution in [3.05, 3.63) is 28.8 Å². The lowest BCUT2D eigenvalue weighted by Gasteiger charge is -2.35. The van der Waals surface area contributed by atoms with E-state index in [0.29, 0.717) is 19.0 Å². The lowest BCUT2D eigenvalue weighted by atomic mass is 9.88. The number of piperidine rings is 1. The number of benzene rings is 1. The number of amides is 2. The van der Waals surface area contributed by atoms with Crippen LogP contribution in [0, 0.1) is 11.3 Å². The van der Waals surface area contributed by atoms with Crippen LogP contribution in [-0.2, 0) is 14.3 Å². The molecule has 0 bridgehead atoms. The normalized spacial score (nSPS) is 15.5. The number of esters is 1. The third-order valence-electron chi connectivity index (χ3n) is 4.81. The van der Waals surface area contributed by atoms with E-state index in [1.807, 2.05) is 0 Å². The summed E-state index contributed by atoms with van der Waals surface area (Å²) in [6, 6.07) is 4.45. The average Bonchev–Trinajstić information content (AvgIpc) is 2.62. The maximum absolute atomic E-state index is 12.8. The number of likely N-dealkylation sites (tertiary alicyclic amines) is 1. The van der Waals surface area contributed by atoms with Crippen molar-refractivity contribution in [2.24, 2.45) is 11.3 Å². The van der Waals surface area contributed by atoms with Crippen molar-refractivity contribution in [1.29, 1.82) is 0 Å². The molecule has 2 amide bonds. The highest BCUT2D eigenvalue weighted by Gasteiger charge is 2.40. The number of rotatable bonds is 4. The molecule has 0 saturated carbocycles. The summed E-state index contributed by atoms with van der Waals surface area (Å²) in [5.74, 6) is -0.613. The molecule has 0 aliphatic carbocycles. The first kappa shape index (κ1) is 20.2. The average molecular weight is 381 g/mol. The molecule has 1 saturated heterocycles. The molecule has 0 unspecified atom stereocenters. The number of ether oxygens (including phenoxy) is 1. The Morgan fingerprint density at radius 2 is 1.85 bits per heavy atom.